The molecule has 0 aromatic rings. The fourth-order valence-corrected chi connectivity index (χ4v) is 3.72. The molecule has 0 aliphatic heterocycles. The lowest BCUT2D eigenvalue weighted by Gasteiger charge is -2.09. The van der Waals surface area contributed by atoms with Crippen LogP contribution in [0, 0.1) is 17.8 Å². The second kappa shape index (κ2) is 5.18. The molecule has 0 heteroatoms. The number of hydrogen-bond donors (Lipinski definition) is 0. The molecule has 2 unspecified atom stereocenters. The molecule has 0 bridgehead atoms. The number of unbranched alkanes of at least 4 members (excludes halogenated alkanes) is 1. The molecule has 86 valence electrons. The largest absolute Gasteiger partial charge is 0.0859 e. The predicted octanol–water partition coefficient (Wildman–Crippen LogP) is 4.95. The quantitative estimate of drug-likeness (QED) is 0.451. The van der Waals surface area contributed by atoms with E-state index >= 15 is 0 Å². The van der Waals surface area contributed by atoms with Crippen LogP contribution in [0.4, 0.5) is 0 Å². The Balaban J connectivity index is 1.63. The van der Waals surface area contributed by atoms with E-state index in [4.69, 9.17) is 0 Å². The van der Waals surface area contributed by atoms with Gasteiger partial charge in [-0.25, -0.2) is 0 Å². The highest BCUT2D eigenvalue weighted by atomic mass is 14.4. The average Bonchev–Trinajstić information content (AvgIpc) is 2.71. The standard InChI is InChI=1S/C15H26/c1-12(2)6-3-4-7-13-10-14-8-5-9-15(14)11-13/h6,13-15H,3-5,7-11H2,1-2H3. The van der Waals surface area contributed by atoms with Crippen LogP contribution in [-0.2, 0) is 0 Å². The topological polar surface area (TPSA) is 0 Å². The Morgan fingerprint density at radius 3 is 2.40 bits per heavy atom. The average molecular weight is 206 g/mol. The summed E-state index contributed by atoms with van der Waals surface area (Å²) in [4.78, 5) is 0. The van der Waals surface area contributed by atoms with Gasteiger partial charge in [-0.2, -0.15) is 0 Å². The Hall–Kier alpha value is -0.260. The molecule has 2 saturated carbocycles. The summed E-state index contributed by atoms with van der Waals surface area (Å²) in [5.41, 5.74) is 1.48. The molecule has 2 aliphatic carbocycles. The van der Waals surface area contributed by atoms with E-state index in [9.17, 15) is 0 Å². The molecular formula is C15H26. The van der Waals surface area contributed by atoms with E-state index < -0.39 is 0 Å². The lowest BCUT2D eigenvalue weighted by Crippen LogP contribution is -1.95. The molecule has 2 fully saturated rings. The van der Waals surface area contributed by atoms with Crippen LogP contribution in [0.25, 0.3) is 0 Å². The lowest BCUT2D eigenvalue weighted by molar-refractivity contribution is 0.444. The van der Waals surface area contributed by atoms with Gasteiger partial charge in [0.15, 0.2) is 0 Å². The van der Waals surface area contributed by atoms with Crippen LogP contribution in [0.2, 0.25) is 0 Å². The van der Waals surface area contributed by atoms with Crippen molar-refractivity contribution in [3.8, 4) is 0 Å². The molecule has 2 rings (SSSR count). The monoisotopic (exact) mass is 206 g/mol. The van der Waals surface area contributed by atoms with Crippen LogP contribution in [0.15, 0.2) is 11.6 Å². The first-order valence-corrected chi connectivity index (χ1v) is 6.89. The summed E-state index contributed by atoms with van der Waals surface area (Å²) in [5, 5.41) is 0. The molecular weight excluding hydrogens is 180 g/mol. The van der Waals surface area contributed by atoms with Crippen LogP contribution in [-0.4, -0.2) is 0 Å². The summed E-state index contributed by atoms with van der Waals surface area (Å²) in [5.74, 6) is 3.36. The van der Waals surface area contributed by atoms with E-state index in [1.54, 1.807) is 25.7 Å². The second-order valence-corrected chi connectivity index (χ2v) is 6.00. The van der Waals surface area contributed by atoms with Gasteiger partial charge in [-0.1, -0.05) is 37.3 Å². The van der Waals surface area contributed by atoms with Gasteiger partial charge in [-0.3, -0.25) is 0 Å². The minimum atomic E-state index is 1.09. The predicted molar refractivity (Wildman–Crippen MR) is 66.8 cm³/mol. The van der Waals surface area contributed by atoms with Crippen molar-refractivity contribution in [1.29, 1.82) is 0 Å². The van der Waals surface area contributed by atoms with Crippen molar-refractivity contribution in [3.05, 3.63) is 11.6 Å². The van der Waals surface area contributed by atoms with Crippen LogP contribution in [0.5, 0.6) is 0 Å². The van der Waals surface area contributed by atoms with Gasteiger partial charge in [0.2, 0.25) is 0 Å². The van der Waals surface area contributed by atoms with Crippen LogP contribution in [0.1, 0.15) is 65.2 Å². The number of fused-ring (bicyclic) bond motifs is 1. The van der Waals surface area contributed by atoms with Gasteiger partial charge in [0, 0.05) is 0 Å². The highest BCUT2D eigenvalue weighted by Gasteiger charge is 2.36. The second-order valence-electron chi connectivity index (χ2n) is 6.00. The Labute approximate surface area is 95.1 Å². The van der Waals surface area contributed by atoms with E-state index in [2.05, 4.69) is 19.9 Å². The van der Waals surface area contributed by atoms with Crippen LogP contribution >= 0.6 is 0 Å². The van der Waals surface area contributed by atoms with E-state index in [0.717, 1.165) is 17.8 Å². The van der Waals surface area contributed by atoms with Gasteiger partial charge in [-0.05, 0) is 57.3 Å². The highest BCUT2D eigenvalue weighted by Crippen LogP contribution is 2.48. The van der Waals surface area contributed by atoms with E-state index in [1.165, 1.54) is 31.3 Å². The molecule has 0 amide bonds. The summed E-state index contributed by atoms with van der Waals surface area (Å²) in [6.07, 6.45) is 14.4. The first kappa shape index (κ1) is 11.2. The number of allylic oxidation sites excluding steroid dienone is 2. The third kappa shape index (κ3) is 3.09. The van der Waals surface area contributed by atoms with Crippen molar-refractivity contribution in [2.75, 3.05) is 0 Å². The van der Waals surface area contributed by atoms with Gasteiger partial charge in [0.05, 0.1) is 0 Å². The van der Waals surface area contributed by atoms with Gasteiger partial charge in [-0.15, -0.1) is 0 Å². The van der Waals surface area contributed by atoms with Crippen LogP contribution in [0.3, 0.4) is 0 Å². The molecule has 0 aromatic heterocycles. The van der Waals surface area contributed by atoms with Crippen LogP contribution < -0.4 is 0 Å². The van der Waals surface area contributed by atoms with Crippen molar-refractivity contribution in [1.82, 2.24) is 0 Å². The third-order valence-corrected chi connectivity index (χ3v) is 4.46. The SMILES string of the molecule is CC(C)=CCCCC1CC2CCCC2C1. The number of hydrogen-bond acceptors (Lipinski definition) is 0. The van der Waals surface area contributed by atoms with Gasteiger partial charge < -0.3 is 0 Å². The third-order valence-electron chi connectivity index (χ3n) is 4.46. The normalized spacial score (nSPS) is 34.1. The molecule has 0 aromatic carbocycles. The zero-order valence-electron chi connectivity index (χ0n) is 10.5. The van der Waals surface area contributed by atoms with Gasteiger partial charge >= 0.3 is 0 Å². The summed E-state index contributed by atoms with van der Waals surface area (Å²) in [6, 6.07) is 0. The van der Waals surface area contributed by atoms with Crippen molar-refractivity contribution >= 4 is 0 Å². The minimum absolute atomic E-state index is 1.09. The molecule has 0 radical (unpaired) electrons. The van der Waals surface area contributed by atoms with Gasteiger partial charge in [0.25, 0.3) is 0 Å². The molecule has 0 spiro atoms. The molecule has 0 N–H and O–H groups in total. The molecule has 2 atom stereocenters. The molecule has 15 heavy (non-hydrogen) atoms. The fraction of sp³-hybridized carbons (Fsp3) is 0.867. The zero-order chi connectivity index (χ0) is 10.7. The fourth-order valence-electron chi connectivity index (χ4n) is 3.72. The maximum absolute atomic E-state index is 2.40. The van der Waals surface area contributed by atoms with Gasteiger partial charge in [0.1, 0.15) is 0 Å². The Morgan fingerprint density at radius 1 is 1.13 bits per heavy atom. The summed E-state index contributed by atoms with van der Waals surface area (Å²) >= 11 is 0. The van der Waals surface area contributed by atoms with Crippen molar-refractivity contribution in [3.63, 3.8) is 0 Å². The van der Waals surface area contributed by atoms with E-state index in [1.807, 2.05) is 0 Å². The smallest absolute Gasteiger partial charge is 0.0348 e. The van der Waals surface area contributed by atoms with E-state index in [0.29, 0.717) is 0 Å². The summed E-state index contributed by atoms with van der Waals surface area (Å²) < 4.78 is 0. The maximum atomic E-state index is 2.40. The van der Waals surface area contributed by atoms with Crippen molar-refractivity contribution in [2.45, 2.75) is 65.2 Å². The number of rotatable bonds is 4. The van der Waals surface area contributed by atoms with Crippen molar-refractivity contribution in [2.24, 2.45) is 17.8 Å². The molecule has 0 saturated heterocycles. The van der Waals surface area contributed by atoms with Crippen molar-refractivity contribution < 1.29 is 0 Å². The highest BCUT2D eigenvalue weighted by molar-refractivity contribution is 4.93. The molecule has 0 heterocycles. The van der Waals surface area contributed by atoms with E-state index in [-0.39, 0.29) is 0 Å². The summed E-state index contributed by atoms with van der Waals surface area (Å²) in [6.45, 7) is 4.42. The zero-order valence-corrected chi connectivity index (χ0v) is 10.5. The maximum Gasteiger partial charge on any atom is -0.0348 e. The Kier molecular flexibility index (Phi) is 3.88. The first-order valence-electron chi connectivity index (χ1n) is 6.89. The summed E-state index contributed by atoms with van der Waals surface area (Å²) in [7, 11) is 0. The lowest BCUT2D eigenvalue weighted by atomic mass is 9.97. The Bertz CT molecular complexity index is 210. The minimum Gasteiger partial charge on any atom is -0.0859 e. The molecule has 2 aliphatic rings. The Morgan fingerprint density at radius 2 is 1.80 bits per heavy atom. The molecule has 0 nitrogen and oxygen atoms in total. The first-order chi connectivity index (χ1) is 7.25.